The van der Waals surface area contributed by atoms with Crippen molar-refractivity contribution in [3.63, 3.8) is 0 Å². The van der Waals surface area contributed by atoms with Gasteiger partial charge in [0.2, 0.25) is 0 Å². The molecule has 1 N–H and O–H groups in total. The van der Waals surface area contributed by atoms with Crippen molar-refractivity contribution in [3.8, 4) is 5.75 Å². The van der Waals surface area contributed by atoms with Crippen LogP contribution in [0.5, 0.6) is 5.75 Å². The largest absolute Gasteiger partial charge is 0.495 e. The highest BCUT2D eigenvalue weighted by molar-refractivity contribution is 6.32. The summed E-state index contributed by atoms with van der Waals surface area (Å²) in [5.41, 5.74) is 1.21. The van der Waals surface area contributed by atoms with E-state index in [1.54, 1.807) is 7.11 Å². The van der Waals surface area contributed by atoms with Gasteiger partial charge in [0.05, 0.1) is 12.1 Å². The fourth-order valence-electron chi connectivity index (χ4n) is 2.06. The van der Waals surface area contributed by atoms with Crippen molar-refractivity contribution in [3.05, 3.63) is 28.8 Å². The van der Waals surface area contributed by atoms with Gasteiger partial charge in [0.1, 0.15) is 5.75 Å². The van der Waals surface area contributed by atoms with Crippen molar-refractivity contribution in [2.45, 2.75) is 32.7 Å². The molecule has 1 aromatic carbocycles. The number of hydrogen-bond acceptors (Lipinski definition) is 3. The van der Waals surface area contributed by atoms with Crippen molar-refractivity contribution in [1.29, 1.82) is 0 Å². The second-order valence-corrected chi connectivity index (χ2v) is 4.75. The van der Waals surface area contributed by atoms with Gasteiger partial charge < -0.3 is 14.8 Å². The fourth-order valence-corrected chi connectivity index (χ4v) is 2.25. The van der Waals surface area contributed by atoms with E-state index in [2.05, 4.69) is 18.3 Å². The number of methoxy groups -OCH3 is 1. The van der Waals surface area contributed by atoms with Gasteiger partial charge in [-0.2, -0.15) is 0 Å². The molecule has 0 aliphatic heterocycles. The van der Waals surface area contributed by atoms with E-state index in [4.69, 9.17) is 21.1 Å². The highest BCUT2D eigenvalue weighted by Gasteiger charge is 2.12. The maximum atomic E-state index is 6.06. The van der Waals surface area contributed by atoms with Crippen LogP contribution < -0.4 is 10.1 Å². The van der Waals surface area contributed by atoms with Gasteiger partial charge in [-0.25, -0.2) is 0 Å². The zero-order valence-corrected chi connectivity index (χ0v) is 12.8. The minimum absolute atomic E-state index is 0.316. The van der Waals surface area contributed by atoms with E-state index in [0.29, 0.717) is 11.1 Å². The van der Waals surface area contributed by atoms with Crippen molar-refractivity contribution >= 4 is 11.6 Å². The Morgan fingerprint density at radius 3 is 2.74 bits per heavy atom. The molecule has 0 heterocycles. The molecular weight excluding hydrogens is 262 g/mol. The van der Waals surface area contributed by atoms with Crippen LogP contribution >= 0.6 is 11.6 Å². The first-order valence-electron chi connectivity index (χ1n) is 6.87. The Kier molecular flexibility index (Phi) is 7.87. The van der Waals surface area contributed by atoms with Crippen LogP contribution in [-0.2, 0) is 4.74 Å². The lowest BCUT2D eigenvalue weighted by Crippen LogP contribution is -2.21. The van der Waals surface area contributed by atoms with E-state index in [1.165, 1.54) is 5.56 Å². The fraction of sp³-hybridized carbons (Fsp3) is 0.600. The van der Waals surface area contributed by atoms with E-state index in [0.717, 1.165) is 38.3 Å². The molecule has 0 aliphatic rings. The molecule has 1 rings (SSSR count). The molecule has 3 nitrogen and oxygen atoms in total. The third-order valence-electron chi connectivity index (χ3n) is 3.01. The molecule has 0 spiro atoms. The Balaban J connectivity index is 2.68. The van der Waals surface area contributed by atoms with Crippen molar-refractivity contribution in [2.24, 2.45) is 0 Å². The van der Waals surface area contributed by atoms with Gasteiger partial charge in [-0.3, -0.25) is 0 Å². The number of halogens is 1. The lowest BCUT2D eigenvalue weighted by Gasteiger charge is -2.19. The van der Waals surface area contributed by atoms with Gasteiger partial charge in [-0.15, -0.1) is 0 Å². The highest BCUT2D eigenvalue weighted by Crippen LogP contribution is 2.29. The summed E-state index contributed by atoms with van der Waals surface area (Å²) in [4.78, 5) is 0. The Bertz CT molecular complexity index is 371. The monoisotopic (exact) mass is 285 g/mol. The molecule has 0 aromatic heterocycles. The summed E-state index contributed by atoms with van der Waals surface area (Å²) >= 11 is 6.06. The minimum Gasteiger partial charge on any atom is -0.495 e. The molecule has 0 saturated heterocycles. The molecule has 0 saturated carbocycles. The van der Waals surface area contributed by atoms with Gasteiger partial charge in [-0.1, -0.05) is 24.6 Å². The highest BCUT2D eigenvalue weighted by atomic mass is 35.5. The molecule has 4 heteroatoms. The summed E-state index contributed by atoms with van der Waals surface area (Å²) in [6, 6.07) is 6.27. The normalized spacial score (nSPS) is 12.4. The molecule has 19 heavy (non-hydrogen) atoms. The molecule has 0 aliphatic carbocycles. The minimum atomic E-state index is 0.316. The third kappa shape index (κ3) is 5.39. The Morgan fingerprint density at radius 2 is 2.11 bits per heavy atom. The molecule has 108 valence electrons. The molecule has 0 bridgehead atoms. The summed E-state index contributed by atoms with van der Waals surface area (Å²) < 4.78 is 10.7. The summed E-state index contributed by atoms with van der Waals surface area (Å²) in [7, 11) is 1.64. The third-order valence-corrected chi connectivity index (χ3v) is 3.33. The predicted molar refractivity (Wildman–Crippen MR) is 80.1 cm³/mol. The number of hydrogen-bond donors (Lipinski definition) is 1. The van der Waals surface area contributed by atoms with Gasteiger partial charge in [-0.05, 0) is 44.0 Å². The van der Waals surface area contributed by atoms with Gasteiger partial charge in [0.15, 0.2) is 0 Å². The van der Waals surface area contributed by atoms with E-state index in [9.17, 15) is 0 Å². The van der Waals surface area contributed by atoms with Crippen molar-refractivity contribution < 1.29 is 9.47 Å². The maximum Gasteiger partial charge on any atom is 0.137 e. The molecule has 0 amide bonds. The second-order valence-electron chi connectivity index (χ2n) is 4.34. The summed E-state index contributed by atoms with van der Waals surface area (Å²) in [6.07, 6.45) is 2.08. The first kappa shape index (κ1) is 16.3. The van der Waals surface area contributed by atoms with Crippen molar-refractivity contribution in [2.75, 3.05) is 26.9 Å². The molecular formula is C15H24ClNO2. The van der Waals surface area contributed by atoms with Crippen LogP contribution in [0.1, 0.15) is 38.3 Å². The topological polar surface area (TPSA) is 30.5 Å². The lowest BCUT2D eigenvalue weighted by atomic mass is 10.0. The molecule has 0 fully saturated rings. The quantitative estimate of drug-likeness (QED) is 0.700. The molecule has 1 unspecified atom stereocenters. The summed E-state index contributed by atoms with van der Waals surface area (Å²) in [5, 5.41) is 4.14. The Hall–Kier alpha value is -0.770. The number of rotatable bonds is 9. The van der Waals surface area contributed by atoms with Crippen molar-refractivity contribution in [1.82, 2.24) is 5.32 Å². The Morgan fingerprint density at radius 1 is 1.32 bits per heavy atom. The lowest BCUT2D eigenvalue weighted by molar-refractivity contribution is 0.141. The van der Waals surface area contributed by atoms with E-state index in [1.807, 2.05) is 19.1 Å². The van der Waals surface area contributed by atoms with Crippen LogP contribution in [0, 0.1) is 0 Å². The zero-order valence-electron chi connectivity index (χ0n) is 12.0. The standard InChI is InChI=1S/C15H24ClNO2/c1-4-17-14(7-6-10-19-5-2)12-8-9-13(16)15(11-12)18-3/h8-9,11,14,17H,4-7,10H2,1-3H3. The van der Waals surface area contributed by atoms with Crippen LogP contribution in [0.15, 0.2) is 18.2 Å². The summed E-state index contributed by atoms with van der Waals surface area (Å²) in [5.74, 6) is 0.729. The predicted octanol–water partition coefficient (Wildman–Crippen LogP) is 3.82. The SMILES string of the molecule is CCNC(CCCOCC)c1ccc(Cl)c(OC)c1. The van der Waals surface area contributed by atoms with Gasteiger partial charge >= 0.3 is 0 Å². The molecule has 1 aromatic rings. The van der Waals surface area contributed by atoms with E-state index < -0.39 is 0 Å². The van der Waals surface area contributed by atoms with E-state index >= 15 is 0 Å². The number of nitrogens with one attached hydrogen (secondary N) is 1. The second kappa shape index (κ2) is 9.18. The zero-order chi connectivity index (χ0) is 14.1. The number of ether oxygens (including phenoxy) is 2. The van der Waals surface area contributed by atoms with Gasteiger partial charge in [0, 0.05) is 19.3 Å². The average Bonchev–Trinajstić information content (AvgIpc) is 2.43. The first-order valence-corrected chi connectivity index (χ1v) is 7.25. The van der Waals surface area contributed by atoms with Crippen LogP contribution in [0.4, 0.5) is 0 Å². The summed E-state index contributed by atoms with van der Waals surface area (Å²) in [6.45, 7) is 6.66. The van der Waals surface area contributed by atoms with Gasteiger partial charge in [0.25, 0.3) is 0 Å². The molecule has 0 radical (unpaired) electrons. The average molecular weight is 286 g/mol. The molecule has 1 atom stereocenters. The van der Waals surface area contributed by atoms with Crippen LogP contribution in [0.25, 0.3) is 0 Å². The number of benzene rings is 1. The van der Waals surface area contributed by atoms with Crippen LogP contribution in [-0.4, -0.2) is 26.9 Å². The Labute approximate surface area is 121 Å². The van der Waals surface area contributed by atoms with Crippen LogP contribution in [0.3, 0.4) is 0 Å². The smallest absolute Gasteiger partial charge is 0.137 e. The van der Waals surface area contributed by atoms with E-state index in [-0.39, 0.29) is 0 Å². The maximum absolute atomic E-state index is 6.06. The first-order chi connectivity index (χ1) is 9.22. The van der Waals surface area contributed by atoms with Crippen LogP contribution in [0.2, 0.25) is 5.02 Å².